The molecule has 1 aromatic heterocycles. The predicted octanol–water partition coefficient (Wildman–Crippen LogP) is -1.22. The lowest BCUT2D eigenvalue weighted by Gasteiger charge is -2.24. The number of aliphatic carboxylic acids is 1. The van der Waals surface area contributed by atoms with Gasteiger partial charge in [0.15, 0.2) is 5.96 Å². The van der Waals surface area contributed by atoms with Crippen LogP contribution in [0.3, 0.4) is 0 Å². The third kappa shape index (κ3) is 10.2. The Morgan fingerprint density at radius 1 is 0.950 bits per heavy atom. The molecule has 0 aliphatic carbocycles. The van der Waals surface area contributed by atoms with E-state index in [1.54, 1.807) is 6.20 Å². The first kappa shape index (κ1) is 32.0. The van der Waals surface area contributed by atoms with Gasteiger partial charge >= 0.3 is 5.97 Å². The largest absolute Gasteiger partial charge is 0.480 e. The van der Waals surface area contributed by atoms with Gasteiger partial charge in [-0.1, -0.05) is 24.6 Å². The van der Waals surface area contributed by atoms with Crippen LogP contribution in [0.4, 0.5) is 0 Å². The molecule has 0 bridgehead atoms. The van der Waals surface area contributed by atoms with Crippen LogP contribution in [0, 0.1) is 0 Å². The van der Waals surface area contributed by atoms with E-state index in [0.29, 0.717) is 25.8 Å². The van der Waals surface area contributed by atoms with Crippen molar-refractivity contribution in [1.82, 2.24) is 20.9 Å². The van der Waals surface area contributed by atoms with E-state index in [0.717, 1.165) is 22.9 Å². The third-order valence-corrected chi connectivity index (χ3v) is 6.35. The highest BCUT2D eigenvalue weighted by Gasteiger charge is 2.29. The summed E-state index contributed by atoms with van der Waals surface area (Å²) in [6.07, 6.45) is 3.98. The van der Waals surface area contributed by atoms with E-state index in [-0.39, 0.29) is 25.3 Å². The highest BCUT2D eigenvalue weighted by molar-refractivity contribution is 5.94. The minimum absolute atomic E-state index is 0.0221. The van der Waals surface area contributed by atoms with Gasteiger partial charge in [-0.3, -0.25) is 19.4 Å². The number of fused-ring (bicyclic) bond motifs is 1. The first-order valence-corrected chi connectivity index (χ1v) is 13.2. The van der Waals surface area contributed by atoms with Gasteiger partial charge in [0.25, 0.3) is 0 Å². The second kappa shape index (κ2) is 16.1. The van der Waals surface area contributed by atoms with Gasteiger partial charge in [-0.05, 0) is 50.8 Å². The van der Waals surface area contributed by atoms with Crippen molar-refractivity contribution >= 4 is 40.6 Å². The van der Waals surface area contributed by atoms with Gasteiger partial charge < -0.3 is 49.0 Å². The molecule has 220 valence electrons. The summed E-state index contributed by atoms with van der Waals surface area (Å²) in [5.74, 6) is -3.17. The third-order valence-electron chi connectivity index (χ3n) is 6.35. The number of hydrogen-bond acceptors (Lipinski definition) is 7. The molecule has 0 aliphatic rings. The van der Waals surface area contributed by atoms with Gasteiger partial charge in [-0.25, -0.2) is 4.79 Å². The molecule has 2 aromatic rings. The van der Waals surface area contributed by atoms with Gasteiger partial charge in [-0.15, -0.1) is 0 Å². The highest BCUT2D eigenvalue weighted by atomic mass is 16.4. The molecule has 0 saturated carbocycles. The molecule has 2 rings (SSSR count). The minimum atomic E-state index is -1.26. The zero-order valence-electron chi connectivity index (χ0n) is 22.7. The molecule has 4 unspecified atom stereocenters. The average Bonchev–Trinajstić information content (AvgIpc) is 3.32. The Bertz CT molecular complexity index is 1180. The number of aromatic nitrogens is 1. The SMILES string of the molecule is CC(NC(=O)C(N)CCCCN)C(=O)NC(CCCN=C(N)N)C(=O)NC(Cc1c[nH]c2ccccc12)C(=O)O. The number of benzene rings is 1. The summed E-state index contributed by atoms with van der Waals surface area (Å²) in [5, 5.41) is 18.3. The number of hydrogen-bond donors (Lipinski definition) is 9. The van der Waals surface area contributed by atoms with Crippen LogP contribution in [0.25, 0.3) is 10.9 Å². The Kier molecular flexibility index (Phi) is 12.9. The van der Waals surface area contributed by atoms with E-state index in [1.807, 2.05) is 24.3 Å². The maximum absolute atomic E-state index is 13.2. The summed E-state index contributed by atoms with van der Waals surface area (Å²) in [6, 6.07) is 3.24. The number of guanidine groups is 1. The molecule has 13 N–H and O–H groups in total. The van der Waals surface area contributed by atoms with Gasteiger partial charge in [0.2, 0.25) is 17.7 Å². The molecule has 14 heteroatoms. The molecule has 0 saturated heterocycles. The van der Waals surface area contributed by atoms with Crippen LogP contribution >= 0.6 is 0 Å². The number of nitrogens with one attached hydrogen (secondary N) is 4. The summed E-state index contributed by atoms with van der Waals surface area (Å²) < 4.78 is 0. The van der Waals surface area contributed by atoms with Crippen LogP contribution in [0.5, 0.6) is 0 Å². The number of carboxylic acid groups (broad SMARTS) is 1. The van der Waals surface area contributed by atoms with Crippen molar-refractivity contribution in [3.8, 4) is 0 Å². The molecule has 0 radical (unpaired) electrons. The van der Waals surface area contributed by atoms with Crippen LogP contribution in [-0.2, 0) is 25.6 Å². The van der Waals surface area contributed by atoms with Crippen LogP contribution in [-0.4, -0.2) is 77.0 Å². The van der Waals surface area contributed by atoms with Gasteiger partial charge in [0.1, 0.15) is 18.1 Å². The monoisotopic (exact) mass is 559 g/mol. The quantitative estimate of drug-likeness (QED) is 0.0638. The average molecular weight is 560 g/mol. The first-order chi connectivity index (χ1) is 19.0. The van der Waals surface area contributed by atoms with E-state index in [4.69, 9.17) is 22.9 Å². The second-order valence-electron chi connectivity index (χ2n) is 9.59. The highest BCUT2D eigenvalue weighted by Crippen LogP contribution is 2.19. The van der Waals surface area contributed by atoms with Crippen LogP contribution in [0.15, 0.2) is 35.5 Å². The number of H-pyrrole nitrogens is 1. The zero-order chi connectivity index (χ0) is 29.7. The number of carboxylic acids is 1. The fourth-order valence-corrected chi connectivity index (χ4v) is 4.09. The Morgan fingerprint density at radius 2 is 1.65 bits per heavy atom. The minimum Gasteiger partial charge on any atom is -0.480 e. The number of aliphatic imine (C=N–C) groups is 1. The van der Waals surface area contributed by atoms with Crippen molar-refractivity contribution in [2.24, 2.45) is 27.9 Å². The number of carbonyl (C=O) groups is 4. The molecule has 1 aromatic carbocycles. The zero-order valence-corrected chi connectivity index (χ0v) is 22.7. The molecule has 1 heterocycles. The number of nitrogens with two attached hydrogens (primary N) is 4. The Hall–Kier alpha value is -4.17. The Labute approximate surface area is 232 Å². The van der Waals surface area contributed by atoms with E-state index < -0.39 is 47.9 Å². The smallest absolute Gasteiger partial charge is 0.326 e. The molecule has 0 fully saturated rings. The van der Waals surface area contributed by atoms with Crippen molar-refractivity contribution in [2.75, 3.05) is 13.1 Å². The van der Waals surface area contributed by atoms with Crippen molar-refractivity contribution < 1.29 is 24.3 Å². The molecular formula is C26H41N9O5. The topological polar surface area (TPSA) is 257 Å². The number of aromatic amines is 1. The van der Waals surface area contributed by atoms with Crippen molar-refractivity contribution in [3.05, 3.63) is 36.0 Å². The summed E-state index contributed by atoms with van der Waals surface area (Å²) >= 11 is 0. The van der Waals surface area contributed by atoms with Gasteiger partial charge in [-0.2, -0.15) is 0 Å². The Balaban J connectivity index is 2.09. The summed E-state index contributed by atoms with van der Waals surface area (Å²) in [7, 11) is 0. The standard InChI is InChI=1S/C26H41N9O5/c1-15(33-23(37)18(28)8-4-5-11-27)22(36)34-20(10-6-12-31-26(29)30)24(38)35-21(25(39)40)13-16-14-32-19-9-3-2-7-17(16)19/h2-3,7,9,14-15,18,20-21,32H,4-6,8,10-13,27-28H2,1H3,(H,33,37)(H,34,36)(H,35,38)(H,39,40)(H4,29,30,31). The molecule has 3 amide bonds. The van der Waals surface area contributed by atoms with E-state index in [2.05, 4.69) is 25.9 Å². The molecule has 4 atom stereocenters. The van der Waals surface area contributed by atoms with Crippen LogP contribution in [0.2, 0.25) is 0 Å². The lowest BCUT2D eigenvalue weighted by molar-refractivity contribution is -0.142. The second-order valence-corrected chi connectivity index (χ2v) is 9.59. The number of unbranched alkanes of at least 4 members (excludes halogenated alkanes) is 1. The maximum atomic E-state index is 13.2. The summed E-state index contributed by atoms with van der Waals surface area (Å²) in [5.41, 5.74) is 23.6. The number of nitrogens with zero attached hydrogens (tertiary/aromatic N) is 1. The van der Waals surface area contributed by atoms with E-state index in [1.165, 1.54) is 6.92 Å². The first-order valence-electron chi connectivity index (χ1n) is 13.2. The molecule has 14 nitrogen and oxygen atoms in total. The summed E-state index contributed by atoms with van der Waals surface area (Å²) in [6.45, 7) is 2.15. The van der Waals surface area contributed by atoms with E-state index >= 15 is 0 Å². The lowest BCUT2D eigenvalue weighted by Crippen LogP contribution is -2.56. The number of carbonyl (C=O) groups excluding carboxylic acids is 3. The molecule has 40 heavy (non-hydrogen) atoms. The Morgan fingerprint density at radius 3 is 2.33 bits per heavy atom. The fraction of sp³-hybridized carbons (Fsp3) is 0.500. The van der Waals surface area contributed by atoms with Gasteiger partial charge in [0, 0.05) is 30.1 Å². The van der Waals surface area contributed by atoms with Crippen LogP contribution in [0.1, 0.15) is 44.6 Å². The van der Waals surface area contributed by atoms with Crippen LogP contribution < -0.4 is 38.9 Å². The van der Waals surface area contributed by atoms with Crippen molar-refractivity contribution in [2.45, 2.75) is 69.6 Å². The summed E-state index contributed by atoms with van der Waals surface area (Å²) in [4.78, 5) is 57.5. The number of rotatable bonds is 17. The van der Waals surface area contributed by atoms with E-state index in [9.17, 15) is 24.3 Å². The lowest BCUT2D eigenvalue weighted by atomic mass is 10.0. The number of para-hydroxylation sites is 1. The number of amides is 3. The predicted molar refractivity (Wildman–Crippen MR) is 152 cm³/mol. The van der Waals surface area contributed by atoms with Crippen molar-refractivity contribution in [3.63, 3.8) is 0 Å². The van der Waals surface area contributed by atoms with Crippen molar-refractivity contribution in [1.29, 1.82) is 0 Å². The van der Waals surface area contributed by atoms with Gasteiger partial charge in [0.05, 0.1) is 6.04 Å². The maximum Gasteiger partial charge on any atom is 0.326 e. The normalized spacial score (nSPS) is 14.0. The fourth-order valence-electron chi connectivity index (χ4n) is 4.09. The molecule has 0 aliphatic heterocycles. The molecule has 0 spiro atoms. The molecular weight excluding hydrogens is 518 g/mol.